The second-order valence-electron chi connectivity index (χ2n) is 5.69. The molecule has 1 atom stereocenters. The second-order valence-corrected chi connectivity index (χ2v) is 5.69. The minimum Gasteiger partial charge on any atom is -0.317 e. The zero-order chi connectivity index (χ0) is 11.1. The van der Waals surface area contributed by atoms with Crippen molar-refractivity contribution in [3.63, 3.8) is 0 Å². The molecular weight excluding hydrogens is 182 g/mol. The van der Waals surface area contributed by atoms with Crippen LogP contribution >= 0.6 is 0 Å². The first-order valence-corrected chi connectivity index (χ1v) is 6.93. The molecule has 0 aromatic rings. The van der Waals surface area contributed by atoms with Crippen LogP contribution < -0.4 is 5.32 Å². The van der Waals surface area contributed by atoms with E-state index in [0.29, 0.717) is 0 Å². The lowest BCUT2D eigenvalue weighted by molar-refractivity contribution is 0.312. The molecule has 1 nitrogen and oxygen atoms in total. The van der Waals surface area contributed by atoms with Gasteiger partial charge in [0.2, 0.25) is 0 Å². The average Bonchev–Trinajstić information content (AvgIpc) is 2.66. The molecule has 90 valence electrons. The molecule has 0 bridgehead atoms. The Morgan fingerprint density at radius 1 is 1.20 bits per heavy atom. The zero-order valence-electron chi connectivity index (χ0n) is 10.9. The normalized spacial score (nSPS) is 20.0. The van der Waals surface area contributed by atoms with Crippen LogP contribution in [0.25, 0.3) is 0 Å². The van der Waals surface area contributed by atoms with E-state index in [1.165, 1.54) is 45.1 Å². The predicted octanol–water partition coefficient (Wildman–Crippen LogP) is 3.84. The Morgan fingerprint density at radius 2 is 1.87 bits per heavy atom. The lowest BCUT2D eigenvalue weighted by Crippen LogP contribution is -2.25. The summed E-state index contributed by atoms with van der Waals surface area (Å²) >= 11 is 0. The van der Waals surface area contributed by atoms with Crippen LogP contribution in [0, 0.1) is 17.8 Å². The first kappa shape index (κ1) is 13.0. The molecule has 0 heterocycles. The van der Waals surface area contributed by atoms with Crippen molar-refractivity contribution in [2.75, 3.05) is 13.1 Å². The molecule has 0 radical (unpaired) electrons. The Hall–Kier alpha value is -0.0400. The van der Waals surface area contributed by atoms with E-state index in [0.717, 1.165) is 24.3 Å². The van der Waals surface area contributed by atoms with Crippen molar-refractivity contribution in [3.8, 4) is 0 Å². The number of nitrogens with one attached hydrogen (secondary N) is 1. The summed E-state index contributed by atoms with van der Waals surface area (Å²) in [6, 6.07) is 0. The summed E-state index contributed by atoms with van der Waals surface area (Å²) < 4.78 is 0. The fourth-order valence-electron chi connectivity index (χ4n) is 3.00. The molecule has 0 spiro atoms. The van der Waals surface area contributed by atoms with Gasteiger partial charge in [-0.05, 0) is 43.7 Å². The highest BCUT2D eigenvalue weighted by Crippen LogP contribution is 2.32. The Kier molecular flexibility index (Phi) is 6.31. The zero-order valence-corrected chi connectivity index (χ0v) is 10.9. The fourth-order valence-corrected chi connectivity index (χ4v) is 3.00. The van der Waals surface area contributed by atoms with Gasteiger partial charge in [-0.15, -0.1) is 0 Å². The van der Waals surface area contributed by atoms with Gasteiger partial charge in [-0.25, -0.2) is 0 Å². The number of rotatable bonds is 7. The standard InChI is InChI=1S/C14H29N/c1-4-15-11-14(9-12(2)3)10-13-7-5-6-8-13/h12-15H,4-11H2,1-3H3. The Labute approximate surface area is 96.0 Å². The smallest absolute Gasteiger partial charge is 0.00204 e. The molecule has 1 fully saturated rings. The summed E-state index contributed by atoms with van der Waals surface area (Å²) in [5.74, 6) is 2.83. The largest absolute Gasteiger partial charge is 0.317 e. The molecule has 1 saturated carbocycles. The molecule has 1 unspecified atom stereocenters. The summed E-state index contributed by atoms with van der Waals surface area (Å²) in [4.78, 5) is 0. The van der Waals surface area contributed by atoms with Crippen molar-refractivity contribution in [2.45, 2.75) is 59.3 Å². The topological polar surface area (TPSA) is 12.0 Å². The highest BCUT2D eigenvalue weighted by molar-refractivity contribution is 4.73. The summed E-state index contributed by atoms with van der Waals surface area (Å²) in [6.07, 6.45) is 8.86. The fraction of sp³-hybridized carbons (Fsp3) is 1.00. The molecule has 0 aromatic carbocycles. The van der Waals surface area contributed by atoms with Crippen molar-refractivity contribution in [1.29, 1.82) is 0 Å². The van der Waals surface area contributed by atoms with Crippen molar-refractivity contribution in [2.24, 2.45) is 17.8 Å². The van der Waals surface area contributed by atoms with Crippen LogP contribution in [-0.4, -0.2) is 13.1 Å². The van der Waals surface area contributed by atoms with Crippen molar-refractivity contribution in [1.82, 2.24) is 5.32 Å². The van der Waals surface area contributed by atoms with Gasteiger partial charge in [0.1, 0.15) is 0 Å². The highest BCUT2D eigenvalue weighted by Gasteiger charge is 2.20. The van der Waals surface area contributed by atoms with Crippen LogP contribution in [0.2, 0.25) is 0 Å². The van der Waals surface area contributed by atoms with Crippen LogP contribution in [0.5, 0.6) is 0 Å². The summed E-state index contributed by atoms with van der Waals surface area (Å²) in [5, 5.41) is 3.53. The third-order valence-corrected chi connectivity index (χ3v) is 3.63. The van der Waals surface area contributed by atoms with Gasteiger partial charge >= 0.3 is 0 Å². The van der Waals surface area contributed by atoms with Gasteiger partial charge in [0, 0.05) is 0 Å². The van der Waals surface area contributed by atoms with E-state index in [9.17, 15) is 0 Å². The van der Waals surface area contributed by atoms with E-state index >= 15 is 0 Å². The first-order chi connectivity index (χ1) is 7.22. The van der Waals surface area contributed by atoms with Gasteiger partial charge < -0.3 is 5.32 Å². The van der Waals surface area contributed by atoms with E-state index in [2.05, 4.69) is 26.1 Å². The maximum atomic E-state index is 3.53. The lowest BCUT2D eigenvalue weighted by atomic mass is 9.87. The van der Waals surface area contributed by atoms with E-state index in [-0.39, 0.29) is 0 Å². The molecule has 1 rings (SSSR count). The van der Waals surface area contributed by atoms with Gasteiger partial charge in [-0.3, -0.25) is 0 Å². The molecule has 0 amide bonds. The minimum absolute atomic E-state index is 0.857. The van der Waals surface area contributed by atoms with E-state index in [1.54, 1.807) is 0 Å². The van der Waals surface area contributed by atoms with E-state index < -0.39 is 0 Å². The number of hydrogen-bond donors (Lipinski definition) is 1. The molecule has 1 heteroatoms. The van der Waals surface area contributed by atoms with Crippen LogP contribution in [0.4, 0.5) is 0 Å². The van der Waals surface area contributed by atoms with Crippen molar-refractivity contribution >= 4 is 0 Å². The summed E-state index contributed by atoms with van der Waals surface area (Å²) in [7, 11) is 0. The number of hydrogen-bond acceptors (Lipinski definition) is 1. The molecular formula is C14H29N. The van der Waals surface area contributed by atoms with Crippen molar-refractivity contribution in [3.05, 3.63) is 0 Å². The first-order valence-electron chi connectivity index (χ1n) is 6.93. The minimum atomic E-state index is 0.857. The molecule has 15 heavy (non-hydrogen) atoms. The van der Waals surface area contributed by atoms with Gasteiger partial charge in [0.05, 0.1) is 0 Å². The molecule has 1 aliphatic carbocycles. The van der Waals surface area contributed by atoms with Gasteiger partial charge in [0.15, 0.2) is 0 Å². The maximum absolute atomic E-state index is 3.53. The second kappa shape index (κ2) is 7.27. The predicted molar refractivity (Wildman–Crippen MR) is 68.1 cm³/mol. The van der Waals surface area contributed by atoms with Crippen LogP contribution in [-0.2, 0) is 0 Å². The third-order valence-electron chi connectivity index (χ3n) is 3.63. The quantitative estimate of drug-likeness (QED) is 0.674. The molecule has 0 aliphatic heterocycles. The molecule has 0 saturated heterocycles. The SMILES string of the molecule is CCNCC(CC(C)C)CC1CCCC1. The van der Waals surface area contributed by atoms with Gasteiger partial charge in [-0.2, -0.15) is 0 Å². The van der Waals surface area contributed by atoms with Gasteiger partial charge in [0.25, 0.3) is 0 Å². The molecule has 1 aliphatic rings. The van der Waals surface area contributed by atoms with Crippen LogP contribution in [0.1, 0.15) is 59.3 Å². The van der Waals surface area contributed by atoms with Crippen LogP contribution in [0.3, 0.4) is 0 Å². The summed E-state index contributed by atoms with van der Waals surface area (Å²) in [5.41, 5.74) is 0. The lowest BCUT2D eigenvalue weighted by Gasteiger charge is -2.22. The third kappa shape index (κ3) is 5.55. The highest BCUT2D eigenvalue weighted by atomic mass is 14.8. The summed E-state index contributed by atoms with van der Waals surface area (Å²) in [6.45, 7) is 9.29. The van der Waals surface area contributed by atoms with Crippen LogP contribution in [0.15, 0.2) is 0 Å². The van der Waals surface area contributed by atoms with Gasteiger partial charge in [-0.1, -0.05) is 46.5 Å². The Bertz CT molecular complexity index is 147. The van der Waals surface area contributed by atoms with Crippen molar-refractivity contribution < 1.29 is 0 Å². The Morgan fingerprint density at radius 3 is 2.40 bits per heavy atom. The maximum Gasteiger partial charge on any atom is -0.00204 e. The molecule has 1 N–H and O–H groups in total. The average molecular weight is 211 g/mol. The Balaban J connectivity index is 2.26. The van der Waals surface area contributed by atoms with E-state index in [4.69, 9.17) is 0 Å². The monoisotopic (exact) mass is 211 g/mol. The molecule has 0 aromatic heterocycles. The van der Waals surface area contributed by atoms with E-state index in [1.807, 2.05) is 0 Å².